The van der Waals surface area contributed by atoms with Crippen LogP contribution in [-0.4, -0.2) is 6.54 Å². The first-order valence-corrected chi connectivity index (χ1v) is 3.08. The van der Waals surface area contributed by atoms with Crippen LogP contribution in [0.15, 0.2) is 34.6 Å². The molecular formula is C8H9NO. The largest absolute Gasteiger partial charge is 0.464 e. The maximum atomic E-state index is 5.20. The molecule has 0 bridgehead atoms. The van der Waals surface area contributed by atoms with Crippen molar-refractivity contribution in [3.8, 4) is 0 Å². The molecule has 0 fully saturated rings. The maximum Gasteiger partial charge on any atom is 0.134 e. The van der Waals surface area contributed by atoms with Gasteiger partial charge >= 0.3 is 0 Å². The van der Waals surface area contributed by atoms with Gasteiger partial charge in [0.15, 0.2) is 0 Å². The van der Waals surface area contributed by atoms with E-state index in [0.717, 1.165) is 5.76 Å². The van der Waals surface area contributed by atoms with Crippen molar-refractivity contribution in [2.24, 2.45) is 5.73 Å². The minimum absolute atomic E-state index is 0.511. The van der Waals surface area contributed by atoms with Crippen LogP contribution in [0.1, 0.15) is 5.76 Å². The van der Waals surface area contributed by atoms with Gasteiger partial charge < -0.3 is 10.2 Å². The summed E-state index contributed by atoms with van der Waals surface area (Å²) >= 11 is 0. The molecule has 0 radical (unpaired) electrons. The Morgan fingerprint density at radius 2 is 2.60 bits per heavy atom. The van der Waals surface area contributed by atoms with Crippen LogP contribution in [0.3, 0.4) is 0 Å². The molecule has 0 aliphatic heterocycles. The summed E-state index contributed by atoms with van der Waals surface area (Å²) in [5.74, 6) is 0.796. The zero-order valence-corrected chi connectivity index (χ0v) is 5.58. The number of furan rings is 1. The molecule has 0 atom stereocenters. The summed E-state index contributed by atoms with van der Waals surface area (Å²) in [6.45, 7) is 0.511. The average Bonchev–Trinajstić information content (AvgIpc) is 2.41. The van der Waals surface area contributed by atoms with Crippen LogP contribution < -0.4 is 5.73 Å². The van der Waals surface area contributed by atoms with Crippen LogP contribution in [0.2, 0.25) is 0 Å². The Labute approximate surface area is 59.6 Å². The van der Waals surface area contributed by atoms with Crippen LogP contribution in [-0.2, 0) is 0 Å². The predicted molar refractivity (Wildman–Crippen MR) is 40.3 cm³/mol. The van der Waals surface area contributed by atoms with Crippen LogP contribution in [0.4, 0.5) is 0 Å². The molecule has 0 saturated carbocycles. The Hall–Kier alpha value is -1.24. The van der Waals surface area contributed by atoms with Crippen molar-refractivity contribution in [3.05, 3.63) is 36.0 Å². The van der Waals surface area contributed by atoms with E-state index in [-0.39, 0.29) is 0 Å². The lowest BCUT2D eigenvalue weighted by Gasteiger charge is -1.75. The molecular weight excluding hydrogens is 126 g/mol. The van der Waals surface area contributed by atoms with E-state index in [9.17, 15) is 0 Å². The van der Waals surface area contributed by atoms with Crippen LogP contribution in [0, 0.1) is 0 Å². The Bertz CT molecular complexity index is 230. The molecule has 10 heavy (non-hydrogen) atoms. The molecule has 1 heterocycles. The number of nitrogens with two attached hydrogens (primary N) is 1. The zero-order chi connectivity index (χ0) is 7.23. The van der Waals surface area contributed by atoms with E-state index in [1.165, 1.54) is 0 Å². The number of rotatable bonds is 2. The third kappa shape index (κ3) is 1.94. The molecule has 2 nitrogen and oxygen atoms in total. The molecule has 2 heteroatoms. The average molecular weight is 135 g/mol. The molecule has 52 valence electrons. The van der Waals surface area contributed by atoms with Gasteiger partial charge in [0.05, 0.1) is 6.26 Å². The second-order valence-electron chi connectivity index (χ2n) is 1.77. The molecule has 0 aliphatic rings. The standard InChI is InChI=1S/C8H9NO/c9-6-2-1-4-8-5-3-7-10-8/h2-5,7H,6,9H2. The molecule has 1 aromatic rings. The monoisotopic (exact) mass is 135 g/mol. The lowest BCUT2D eigenvalue weighted by molar-refractivity contribution is 0.557. The lowest BCUT2D eigenvalue weighted by atomic mass is 10.4. The van der Waals surface area contributed by atoms with Gasteiger partial charge in [-0.05, 0) is 18.2 Å². The van der Waals surface area contributed by atoms with Crippen molar-refractivity contribution < 1.29 is 4.42 Å². The van der Waals surface area contributed by atoms with Crippen LogP contribution >= 0.6 is 0 Å². The van der Waals surface area contributed by atoms with Gasteiger partial charge in [0.2, 0.25) is 0 Å². The summed E-state index contributed by atoms with van der Waals surface area (Å²) in [7, 11) is 0. The smallest absolute Gasteiger partial charge is 0.134 e. The summed E-state index contributed by atoms with van der Waals surface area (Å²) < 4.78 is 5.00. The highest BCUT2D eigenvalue weighted by Gasteiger charge is 1.82. The number of hydrogen-bond acceptors (Lipinski definition) is 2. The highest BCUT2D eigenvalue weighted by molar-refractivity contribution is 5.41. The topological polar surface area (TPSA) is 39.2 Å². The highest BCUT2D eigenvalue weighted by Crippen LogP contribution is 2.00. The minimum Gasteiger partial charge on any atom is -0.464 e. The van der Waals surface area contributed by atoms with Crippen molar-refractivity contribution in [1.82, 2.24) is 0 Å². The van der Waals surface area contributed by atoms with Crippen molar-refractivity contribution in [2.75, 3.05) is 6.54 Å². The van der Waals surface area contributed by atoms with E-state index in [2.05, 4.69) is 5.73 Å². The van der Waals surface area contributed by atoms with Gasteiger partial charge in [0.25, 0.3) is 0 Å². The summed E-state index contributed by atoms with van der Waals surface area (Å²) in [5, 5.41) is 0. The van der Waals surface area contributed by atoms with E-state index >= 15 is 0 Å². The second kappa shape index (κ2) is 3.72. The minimum atomic E-state index is 0.511. The highest BCUT2D eigenvalue weighted by atomic mass is 16.3. The maximum absolute atomic E-state index is 5.20. The van der Waals surface area contributed by atoms with Crippen molar-refractivity contribution in [2.45, 2.75) is 0 Å². The Balaban J connectivity index is 2.63. The molecule has 0 spiro atoms. The van der Waals surface area contributed by atoms with E-state index in [0.29, 0.717) is 6.54 Å². The Morgan fingerprint density at radius 3 is 3.20 bits per heavy atom. The van der Waals surface area contributed by atoms with Crippen molar-refractivity contribution in [1.29, 1.82) is 0 Å². The molecule has 1 aromatic heterocycles. The first-order chi connectivity index (χ1) is 4.93. The molecule has 1 rings (SSSR count). The predicted octanol–water partition coefficient (Wildman–Crippen LogP) is 1.41. The third-order valence-electron chi connectivity index (χ3n) is 1.00. The molecule has 0 unspecified atom stereocenters. The van der Waals surface area contributed by atoms with Gasteiger partial charge in [0.1, 0.15) is 5.76 Å². The summed E-state index contributed by atoms with van der Waals surface area (Å²) in [5.41, 5.74) is 8.07. The lowest BCUT2D eigenvalue weighted by Crippen LogP contribution is -1.90. The Kier molecular flexibility index (Phi) is 2.56. The summed E-state index contributed by atoms with van der Waals surface area (Å²) in [6, 6.07) is 3.69. The fourth-order valence-corrected chi connectivity index (χ4v) is 0.582. The van der Waals surface area contributed by atoms with E-state index in [1.54, 1.807) is 18.4 Å². The molecule has 0 amide bonds. The SMILES string of the molecule is NCC=C=Cc1ccco1. The summed E-state index contributed by atoms with van der Waals surface area (Å²) in [6.07, 6.45) is 5.10. The van der Waals surface area contributed by atoms with Crippen molar-refractivity contribution in [3.63, 3.8) is 0 Å². The van der Waals surface area contributed by atoms with Gasteiger partial charge in [-0.2, -0.15) is 0 Å². The molecule has 0 saturated heterocycles. The molecule has 0 aromatic carbocycles. The zero-order valence-electron chi connectivity index (χ0n) is 5.58. The van der Waals surface area contributed by atoms with Crippen LogP contribution in [0.5, 0.6) is 0 Å². The molecule has 0 aliphatic carbocycles. The fraction of sp³-hybridized carbons (Fsp3) is 0.125. The van der Waals surface area contributed by atoms with Gasteiger partial charge in [-0.3, -0.25) is 0 Å². The van der Waals surface area contributed by atoms with Crippen molar-refractivity contribution >= 4 is 6.08 Å². The molecule has 2 N–H and O–H groups in total. The Morgan fingerprint density at radius 1 is 1.70 bits per heavy atom. The van der Waals surface area contributed by atoms with E-state index in [4.69, 9.17) is 10.2 Å². The van der Waals surface area contributed by atoms with E-state index in [1.807, 2.05) is 12.1 Å². The van der Waals surface area contributed by atoms with Gasteiger partial charge in [-0.1, -0.05) is 0 Å². The second-order valence-corrected chi connectivity index (χ2v) is 1.77. The van der Waals surface area contributed by atoms with Gasteiger partial charge in [-0.15, -0.1) is 5.73 Å². The van der Waals surface area contributed by atoms with E-state index < -0.39 is 0 Å². The first kappa shape index (κ1) is 6.87. The van der Waals surface area contributed by atoms with Gasteiger partial charge in [-0.25, -0.2) is 0 Å². The first-order valence-electron chi connectivity index (χ1n) is 3.08. The summed E-state index contributed by atoms with van der Waals surface area (Å²) in [4.78, 5) is 0. The number of hydrogen-bond donors (Lipinski definition) is 1. The third-order valence-corrected chi connectivity index (χ3v) is 1.00. The normalized spacial score (nSPS) is 8.50. The fourth-order valence-electron chi connectivity index (χ4n) is 0.582. The van der Waals surface area contributed by atoms with Gasteiger partial charge in [0, 0.05) is 12.6 Å². The quantitative estimate of drug-likeness (QED) is 0.622. The van der Waals surface area contributed by atoms with Crippen LogP contribution in [0.25, 0.3) is 6.08 Å².